The van der Waals surface area contributed by atoms with Gasteiger partial charge in [-0.3, -0.25) is 4.90 Å². The standard InChI is InChI=1S/C26H27N3O/c30-18-20-13-15-29(16-14-20)17-19-5-7-21(8-6-19)22-9-11-23(12-10-22)26-27-24-3-1-2-4-25(24)28-26/h1-12,20,30H,13-18H2,(H,27,28). The first-order valence-corrected chi connectivity index (χ1v) is 10.8. The van der Waals surface area contributed by atoms with Gasteiger partial charge in [0.15, 0.2) is 0 Å². The molecule has 5 rings (SSSR count). The van der Waals surface area contributed by atoms with E-state index >= 15 is 0 Å². The summed E-state index contributed by atoms with van der Waals surface area (Å²) in [6, 6.07) is 25.6. The Balaban J connectivity index is 1.26. The zero-order valence-electron chi connectivity index (χ0n) is 17.1. The van der Waals surface area contributed by atoms with E-state index in [9.17, 15) is 5.11 Å². The highest BCUT2D eigenvalue weighted by molar-refractivity contribution is 5.79. The molecule has 0 spiro atoms. The smallest absolute Gasteiger partial charge is 0.138 e. The summed E-state index contributed by atoms with van der Waals surface area (Å²) in [5.74, 6) is 1.40. The number of nitrogens with one attached hydrogen (secondary N) is 1. The van der Waals surface area contributed by atoms with E-state index in [0.717, 1.165) is 54.9 Å². The van der Waals surface area contributed by atoms with Crippen LogP contribution < -0.4 is 0 Å². The molecule has 4 aromatic rings. The average molecular weight is 398 g/mol. The summed E-state index contributed by atoms with van der Waals surface area (Å²) >= 11 is 0. The number of benzene rings is 3. The van der Waals surface area contributed by atoms with E-state index < -0.39 is 0 Å². The van der Waals surface area contributed by atoms with E-state index in [1.54, 1.807) is 0 Å². The molecule has 1 aromatic heterocycles. The molecule has 1 aliphatic heterocycles. The van der Waals surface area contributed by atoms with Gasteiger partial charge >= 0.3 is 0 Å². The van der Waals surface area contributed by atoms with Gasteiger partial charge in [-0.15, -0.1) is 0 Å². The van der Waals surface area contributed by atoms with Gasteiger partial charge in [0.05, 0.1) is 11.0 Å². The number of imidazole rings is 1. The molecule has 4 heteroatoms. The number of piperidine rings is 1. The predicted octanol–water partition coefficient (Wildman–Crippen LogP) is 5.10. The number of aliphatic hydroxyl groups excluding tert-OH is 1. The lowest BCUT2D eigenvalue weighted by atomic mass is 9.97. The van der Waals surface area contributed by atoms with Crippen molar-refractivity contribution in [2.24, 2.45) is 5.92 Å². The van der Waals surface area contributed by atoms with Crippen molar-refractivity contribution < 1.29 is 5.11 Å². The van der Waals surface area contributed by atoms with Crippen LogP contribution in [-0.2, 0) is 6.54 Å². The van der Waals surface area contributed by atoms with Crippen LogP contribution in [0.1, 0.15) is 18.4 Å². The van der Waals surface area contributed by atoms with Crippen LogP contribution in [0.5, 0.6) is 0 Å². The Labute approximate surface area is 177 Å². The SMILES string of the molecule is OCC1CCN(Cc2ccc(-c3ccc(-c4nc5ccccc5[nH]4)cc3)cc2)CC1. The number of aromatic nitrogens is 2. The third-order valence-corrected chi connectivity index (χ3v) is 6.21. The molecule has 0 atom stereocenters. The molecule has 4 nitrogen and oxygen atoms in total. The Morgan fingerprint density at radius 1 is 0.833 bits per heavy atom. The first kappa shape index (κ1) is 19.0. The summed E-state index contributed by atoms with van der Waals surface area (Å²) in [5.41, 5.74) is 6.94. The number of aliphatic hydroxyl groups is 1. The zero-order chi connectivity index (χ0) is 20.3. The minimum Gasteiger partial charge on any atom is -0.396 e. The highest BCUT2D eigenvalue weighted by Crippen LogP contribution is 2.26. The van der Waals surface area contributed by atoms with E-state index in [0.29, 0.717) is 12.5 Å². The van der Waals surface area contributed by atoms with Gasteiger partial charge in [-0.05, 0) is 60.7 Å². The van der Waals surface area contributed by atoms with Gasteiger partial charge in [-0.1, -0.05) is 60.7 Å². The maximum Gasteiger partial charge on any atom is 0.138 e. The van der Waals surface area contributed by atoms with Gasteiger partial charge in [-0.25, -0.2) is 4.98 Å². The Morgan fingerprint density at radius 3 is 2.13 bits per heavy atom. The first-order chi connectivity index (χ1) is 14.8. The molecule has 0 saturated carbocycles. The van der Waals surface area contributed by atoms with Gasteiger partial charge in [-0.2, -0.15) is 0 Å². The van der Waals surface area contributed by atoms with Crippen molar-refractivity contribution in [2.75, 3.05) is 19.7 Å². The highest BCUT2D eigenvalue weighted by Gasteiger charge is 2.18. The minimum atomic E-state index is 0.331. The van der Waals surface area contributed by atoms with E-state index in [-0.39, 0.29) is 0 Å². The molecule has 1 fully saturated rings. The first-order valence-electron chi connectivity index (χ1n) is 10.8. The van der Waals surface area contributed by atoms with Crippen LogP contribution in [0.15, 0.2) is 72.8 Å². The van der Waals surface area contributed by atoms with Crippen molar-refractivity contribution in [1.29, 1.82) is 0 Å². The molecule has 1 saturated heterocycles. The van der Waals surface area contributed by atoms with Crippen molar-refractivity contribution >= 4 is 11.0 Å². The average Bonchev–Trinajstić information content (AvgIpc) is 3.25. The maximum absolute atomic E-state index is 9.30. The second kappa shape index (κ2) is 8.42. The number of para-hydroxylation sites is 2. The lowest BCUT2D eigenvalue weighted by molar-refractivity contribution is 0.127. The predicted molar refractivity (Wildman–Crippen MR) is 122 cm³/mol. The number of aromatic amines is 1. The van der Waals surface area contributed by atoms with E-state index in [2.05, 4.69) is 69.5 Å². The van der Waals surface area contributed by atoms with Crippen LogP contribution >= 0.6 is 0 Å². The fourth-order valence-corrected chi connectivity index (χ4v) is 4.30. The number of nitrogens with zero attached hydrogens (tertiary/aromatic N) is 2. The van der Waals surface area contributed by atoms with Crippen LogP contribution in [0.4, 0.5) is 0 Å². The lowest BCUT2D eigenvalue weighted by Crippen LogP contribution is -2.34. The molecular formula is C26H27N3O. The molecule has 0 amide bonds. The van der Waals surface area contributed by atoms with Crippen molar-refractivity contribution in [3.8, 4) is 22.5 Å². The van der Waals surface area contributed by atoms with Crippen LogP contribution in [0.25, 0.3) is 33.5 Å². The molecule has 2 heterocycles. The number of H-pyrrole nitrogens is 1. The van der Waals surface area contributed by atoms with Crippen molar-refractivity contribution in [3.63, 3.8) is 0 Å². The molecule has 30 heavy (non-hydrogen) atoms. The second-order valence-electron chi connectivity index (χ2n) is 8.28. The van der Waals surface area contributed by atoms with E-state index in [1.165, 1.54) is 16.7 Å². The second-order valence-corrected chi connectivity index (χ2v) is 8.28. The fourth-order valence-electron chi connectivity index (χ4n) is 4.30. The number of likely N-dealkylation sites (tertiary alicyclic amines) is 1. The monoisotopic (exact) mass is 397 g/mol. The maximum atomic E-state index is 9.30. The molecule has 2 N–H and O–H groups in total. The van der Waals surface area contributed by atoms with Crippen molar-refractivity contribution in [1.82, 2.24) is 14.9 Å². The fraction of sp³-hybridized carbons (Fsp3) is 0.269. The summed E-state index contributed by atoms with van der Waals surface area (Å²) in [4.78, 5) is 10.6. The third-order valence-electron chi connectivity index (χ3n) is 6.21. The Morgan fingerprint density at radius 2 is 1.47 bits per heavy atom. The number of fused-ring (bicyclic) bond motifs is 1. The Kier molecular flexibility index (Phi) is 5.35. The summed E-state index contributed by atoms with van der Waals surface area (Å²) in [6.45, 7) is 3.48. The molecule has 0 aliphatic carbocycles. The van der Waals surface area contributed by atoms with Crippen LogP contribution in [0.3, 0.4) is 0 Å². The summed E-state index contributed by atoms with van der Waals surface area (Å²) in [6.07, 6.45) is 2.21. The van der Waals surface area contributed by atoms with Gasteiger partial charge in [0.1, 0.15) is 5.82 Å². The third kappa shape index (κ3) is 4.02. The number of hydrogen-bond donors (Lipinski definition) is 2. The van der Waals surface area contributed by atoms with Crippen molar-refractivity contribution in [3.05, 3.63) is 78.4 Å². The summed E-state index contributed by atoms with van der Waals surface area (Å²) in [5, 5.41) is 9.30. The number of hydrogen-bond acceptors (Lipinski definition) is 3. The molecule has 0 bridgehead atoms. The van der Waals surface area contributed by atoms with Crippen molar-refractivity contribution in [2.45, 2.75) is 19.4 Å². The molecule has 0 unspecified atom stereocenters. The largest absolute Gasteiger partial charge is 0.396 e. The van der Waals surface area contributed by atoms with E-state index in [1.807, 2.05) is 18.2 Å². The quantitative estimate of drug-likeness (QED) is 0.492. The number of rotatable bonds is 5. The molecular weight excluding hydrogens is 370 g/mol. The molecule has 3 aromatic carbocycles. The summed E-state index contributed by atoms with van der Waals surface area (Å²) < 4.78 is 0. The minimum absolute atomic E-state index is 0.331. The van der Waals surface area contributed by atoms with Gasteiger partial charge in [0, 0.05) is 18.7 Å². The molecule has 152 valence electrons. The normalized spacial score (nSPS) is 15.6. The van der Waals surface area contributed by atoms with Gasteiger partial charge in [0.2, 0.25) is 0 Å². The van der Waals surface area contributed by atoms with Crippen LogP contribution in [-0.4, -0.2) is 39.7 Å². The van der Waals surface area contributed by atoms with Crippen LogP contribution in [0, 0.1) is 5.92 Å². The van der Waals surface area contributed by atoms with E-state index in [4.69, 9.17) is 0 Å². The Bertz CT molecular complexity index is 1070. The highest BCUT2D eigenvalue weighted by atomic mass is 16.3. The molecule has 0 radical (unpaired) electrons. The lowest BCUT2D eigenvalue weighted by Gasteiger charge is -2.31. The van der Waals surface area contributed by atoms with Crippen LogP contribution in [0.2, 0.25) is 0 Å². The zero-order valence-corrected chi connectivity index (χ0v) is 17.1. The van der Waals surface area contributed by atoms with Gasteiger partial charge in [0.25, 0.3) is 0 Å². The molecule has 1 aliphatic rings. The Hall–Kier alpha value is -2.95. The summed E-state index contributed by atoms with van der Waals surface area (Å²) in [7, 11) is 0. The van der Waals surface area contributed by atoms with Gasteiger partial charge < -0.3 is 10.1 Å². The topological polar surface area (TPSA) is 52.1 Å².